The van der Waals surface area contributed by atoms with Crippen LogP contribution in [-0.2, 0) is 28.6 Å². The maximum Gasteiger partial charge on any atom is 0.306 e. The summed E-state index contributed by atoms with van der Waals surface area (Å²) in [6.07, 6.45) is 49.6. The fourth-order valence-electron chi connectivity index (χ4n) is 6.04. The van der Waals surface area contributed by atoms with Gasteiger partial charge >= 0.3 is 17.9 Å². The topological polar surface area (TPSA) is 78.9 Å². The van der Waals surface area contributed by atoms with E-state index in [-0.39, 0.29) is 31.1 Å². The van der Waals surface area contributed by atoms with Crippen LogP contribution < -0.4 is 0 Å². The fraction of sp³-hybridized carbons (Fsp3) is 0.771. The zero-order valence-corrected chi connectivity index (χ0v) is 35.5. The van der Waals surface area contributed by atoms with Gasteiger partial charge < -0.3 is 14.2 Å². The Bertz CT molecular complexity index is 964. The molecular formula is C48H84O6. The fourth-order valence-corrected chi connectivity index (χ4v) is 6.04. The molecule has 0 heterocycles. The minimum Gasteiger partial charge on any atom is -0.462 e. The van der Waals surface area contributed by atoms with Crippen LogP contribution >= 0.6 is 0 Å². The van der Waals surface area contributed by atoms with Crippen molar-refractivity contribution in [1.82, 2.24) is 0 Å². The molecule has 312 valence electrons. The molecule has 0 amide bonds. The van der Waals surface area contributed by atoms with E-state index in [0.717, 1.165) is 109 Å². The predicted molar refractivity (Wildman–Crippen MR) is 229 cm³/mol. The molecule has 0 aromatic carbocycles. The third-order valence-electron chi connectivity index (χ3n) is 9.55. The molecule has 0 radical (unpaired) electrons. The Morgan fingerprint density at radius 2 is 0.685 bits per heavy atom. The Labute approximate surface area is 333 Å². The Balaban J connectivity index is 4.40. The third-order valence-corrected chi connectivity index (χ3v) is 9.55. The maximum absolute atomic E-state index is 12.7. The zero-order valence-electron chi connectivity index (χ0n) is 35.5. The highest BCUT2D eigenvalue weighted by Gasteiger charge is 2.19. The summed E-state index contributed by atoms with van der Waals surface area (Å²) in [5.74, 6) is -0.950. The molecular weight excluding hydrogens is 673 g/mol. The van der Waals surface area contributed by atoms with Gasteiger partial charge in [-0.3, -0.25) is 14.4 Å². The molecule has 0 fully saturated rings. The first-order valence-electron chi connectivity index (χ1n) is 22.7. The van der Waals surface area contributed by atoms with Crippen molar-refractivity contribution in [3.8, 4) is 0 Å². The smallest absolute Gasteiger partial charge is 0.306 e. The van der Waals surface area contributed by atoms with Gasteiger partial charge in [-0.05, 0) is 83.5 Å². The first kappa shape index (κ1) is 51.4. The van der Waals surface area contributed by atoms with Crippen molar-refractivity contribution in [2.45, 2.75) is 226 Å². The number of rotatable bonds is 40. The van der Waals surface area contributed by atoms with Crippen molar-refractivity contribution in [1.29, 1.82) is 0 Å². The van der Waals surface area contributed by atoms with Gasteiger partial charge in [0.15, 0.2) is 6.10 Å². The van der Waals surface area contributed by atoms with Gasteiger partial charge in [-0.15, -0.1) is 0 Å². The summed E-state index contributed by atoms with van der Waals surface area (Å²) in [6.45, 7) is 6.48. The average molecular weight is 757 g/mol. The highest BCUT2D eigenvalue weighted by molar-refractivity contribution is 5.71. The van der Waals surface area contributed by atoms with Crippen molar-refractivity contribution in [3.63, 3.8) is 0 Å². The second-order valence-electron chi connectivity index (χ2n) is 15.0. The van der Waals surface area contributed by atoms with Gasteiger partial charge in [0.2, 0.25) is 0 Å². The highest BCUT2D eigenvalue weighted by atomic mass is 16.6. The van der Waals surface area contributed by atoms with E-state index in [1.54, 1.807) is 0 Å². The van der Waals surface area contributed by atoms with E-state index < -0.39 is 6.10 Å². The van der Waals surface area contributed by atoms with Gasteiger partial charge in [-0.2, -0.15) is 0 Å². The Morgan fingerprint density at radius 1 is 0.370 bits per heavy atom. The average Bonchev–Trinajstić information content (AvgIpc) is 3.17. The van der Waals surface area contributed by atoms with Crippen molar-refractivity contribution >= 4 is 17.9 Å². The molecule has 6 heteroatoms. The number of hydrogen-bond acceptors (Lipinski definition) is 6. The maximum atomic E-state index is 12.7. The summed E-state index contributed by atoms with van der Waals surface area (Å²) in [7, 11) is 0. The molecule has 0 N–H and O–H groups in total. The number of unbranched alkanes of at least 4 members (excludes halogenated alkanes) is 22. The van der Waals surface area contributed by atoms with E-state index in [0.29, 0.717) is 19.3 Å². The number of allylic oxidation sites excluding steroid dienone is 8. The van der Waals surface area contributed by atoms with E-state index in [1.807, 2.05) is 0 Å². The lowest BCUT2D eigenvalue weighted by Gasteiger charge is -2.18. The van der Waals surface area contributed by atoms with Gasteiger partial charge in [-0.1, -0.05) is 166 Å². The van der Waals surface area contributed by atoms with Crippen LogP contribution in [0.5, 0.6) is 0 Å². The quantitative estimate of drug-likeness (QED) is 0.0204. The van der Waals surface area contributed by atoms with Gasteiger partial charge in [-0.25, -0.2) is 0 Å². The van der Waals surface area contributed by atoms with Crippen LogP contribution in [0.3, 0.4) is 0 Å². The molecule has 1 unspecified atom stereocenters. The highest BCUT2D eigenvalue weighted by Crippen LogP contribution is 2.12. The summed E-state index contributed by atoms with van der Waals surface area (Å²) < 4.78 is 16.6. The molecule has 6 nitrogen and oxygen atoms in total. The number of ether oxygens (including phenoxy) is 3. The summed E-state index contributed by atoms with van der Waals surface area (Å²) >= 11 is 0. The van der Waals surface area contributed by atoms with Crippen LogP contribution in [-0.4, -0.2) is 37.2 Å². The van der Waals surface area contributed by atoms with Crippen molar-refractivity contribution in [2.75, 3.05) is 13.2 Å². The monoisotopic (exact) mass is 757 g/mol. The first-order chi connectivity index (χ1) is 26.5. The molecule has 0 spiro atoms. The lowest BCUT2D eigenvalue weighted by Crippen LogP contribution is -2.30. The Morgan fingerprint density at radius 3 is 1.11 bits per heavy atom. The molecule has 54 heavy (non-hydrogen) atoms. The first-order valence-corrected chi connectivity index (χ1v) is 22.7. The lowest BCUT2D eigenvalue weighted by molar-refractivity contribution is -0.167. The molecule has 0 aliphatic rings. The number of carbonyl (C=O) groups is 3. The number of hydrogen-bond donors (Lipinski definition) is 0. The molecule has 0 rings (SSSR count). The normalized spacial score (nSPS) is 12.4. The van der Waals surface area contributed by atoms with Gasteiger partial charge in [0, 0.05) is 19.3 Å². The van der Waals surface area contributed by atoms with E-state index in [4.69, 9.17) is 14.2 Å². The summed E-state index contributed by atoms with van der Waals surface area (Å²) in [5.41, 5.74) is 0. The number of esters is 3. The van der Waals surface area contributed by atoms with E-state index in [2.05, 4.69) is 69.4 Å². The molecule has 0 aromatic rings. The summed E-state index contributed by atoms with van der Waals surface area (Å²) in [6, 6.07) is 0. The zero-order chi connectivity index (χ0) is 39.4. The molecule has 0 saturated carbocycles. The van der Waals surface area contributed by atoms with Crippen molar-refractivity contribution < 1.29 is 28.6 Å². The summed E-state index contributed by atoms with van der Waals surface area (Å²) in [5, 5.41) is 0. The minimum absolute atomic E-state index is 0.0927. The largest absolute Gasteiger partial charge is 0.462 e. The molecule has 0 aliphatic heterocycles. The Kier molecular flexibility index (Phi) is 41.0. The van der Waals surface area contributed by atoms with Gasteiger partial charge in [0.25, 0.3) is 0 Å². The third kappa shape index (κ3) is 40.6. The lowest BCUT2D eigenvalue weighted by atomic mass is 10.1. The molecule has 1 atom stereocenters. The Hall–Kier alpha value is -2.63. The number of carbonyl (C=O) groups excluding carboxylic acids is 3. The predicted octanol–water partition coefficient (Wildman–Crippen LogP) is 14.4. The van der Waals surface area contributed by atoms with Crippen LogP contribution in [0, 0.1) is 0 Å². The van der Waals surface area contributed by atoms with Crippen LogP contribution in [0.2, 0.25) is 0 Å². The summed E-state index contributed by atoms with van der Waals surface area (Å²) in [4.78, 5) is 37.6. The van der Waals surface area contributed by atoms with Gasteiger partial charge in [0.1, 0.15) is 13.2 Å². The second-order valence-corrected chi connectivity index (χ2v) is 15.0. The van der Waals surface area contributed by atoms with Crippen LogP contribution in [0.4, 0.5) is 0 Å². The SMILES string of the molecule is CCCC/C=C\CCCCCCC(=O)OCC(COC(=O)CCCCC/C=C\C=C/CCCCCCCCC)OC(=O)CCCCCC/C=C\CCCC. The second kappa shape index (κ2) is 43.1. The molecule has 0 bridgehead atoms. The van der Waals surface area contributed by atoms with E-state index >= 15 is 0 Å². The van der Waals surface area contributed by atoms with Crippen LogP contribution in [0.25, 0.3) is 0 Å². The molecule has 0 aromatic heterocycles. The molecule has 0 aliphatic carbocycles. The minimum atomic E-state index is -0.790. The van der Waals surface area contributed by atoms with E-state index in [1.165, 1.54) is 70.6 Å². The van der Waals surface area contributed by atoms with Crippen LogP contribution in [0.1, 0.15) is 220 Å². The molecule has 0 saturated heterocycles. The van der Waals surface area contributed by atoms with Gasteiger partial charge in [0.05, 0.1) is 0 Å². The van der Waals surface area contributed by atoms with Crippen molar-refractivity contribution in [2.24, 2.45) is 0 Å². The standard InChI is InChI=1S/C48H84O6/c1-4-7-10-13-16-19-22-23-24-25-26-27-30-32-35-38-41-47(50)53-44-45(54-48(51)42-39-36-33-29-21-18-15-12-9-6-3)43-52-46(49)40-37-34-31-28-20-17-14-11-8-5-2/h14-15,17-18,24-27,45H,4-13,16,19-23,28-44H2,1-3H3/b17-14-,18-15-,25-24-,27-26-. The van der Waals surface area contributed by atoms with Crippen molar-refractivity contribution in [3.05, 3.63) is 48.6 Å². The van der Waals surface area contributed by atoms with E-state index in [9.17, 15) is 14.4 Å². The van der Waals surface area contributed by atoms with Crippen LogP contribution in [0.15, 0.2) is 48.6 Å².